The van der Waals surface area contributed by atoms with E-state index in [4.69, 9.17) is 4.74 Å². The van der Waals surface area contributed by atoms with Crippen LogP contribution in [0.3, 0.4) is 0 Å². The minimum absolute atomic E-state index is 0.189. The molecule has 0 radical (unpaired) electrons. The van der Waals surface area contributed by atoms with E-state index in [1.807, 2.05) is 36.4 Å². The summed E-state index contributed by atoms with van der Waals surface area (Å²) in [6, 6.07) is 14.6. The largest absolute Gasteiger partial charge is 0.496 e. The van der Waals surface area contributed by atoms with Crippen LogP contribution >= 0.6 is 15.9 Å². The van der Waals surface area contributed by atoms with Crippen LogP contribution in [0.15, 0.2) is 53.0 Å². The molecule has 2 aromatic carbocycles. The van der Waals surface area contributed by atoms with Gasteiger partial charge >= 0.3 is 0 Å². The van der Waals surface area contributed by atoms with E-state index in [1.165, 1.54) is 0 Å². The van der Waals surface area contributed by atoms with Gasteiger partial charge in [-0.2, -0.15) is 0 Å². The standard InChI is InChI=1S/C14H12BrNO2/c1-18-13-9-10(15)7-8-12(13)14(17)16-11-5-3-2-4-6-11/h2-9H,1H3,(H,16,17). The predicted octanol–water partition coefficient (Wildman–Crippen LogP) is 3.71. The molecule has 92 valence electrons. The van der Waals surface area contributed by atoms with Crippen LogP contribution in [-0.4, -0.2) is 13.0 Å². The van der Waals surface area contributed by atoms with E-state index in [0.717, 1.165) is 10.2 Å². The van der Waals surface area contributed by atoms with Crippen molar-refractivity contribution in [2.24, 2.45) is 0 Å². The lowest BCUT2D eigenvalue weighted by Crippen LogP contribution is -2.13. The zero-order valence-electron chi connectivity index (χ0n) is 9.81. The van der Waals surface area contributed by atoms with Crippen molar-refractivity contribution < 1.29 is 9.53 Å². The van der Waals surface area contributed by atoms with E-state index in [2.05, 4.69) is 21.2 Å². The third-order valence-electron chi connectivity index (χ3n) is 2.44. The Morgan fingerprint density at radius 3 is 2.56 bits per heavy atom. The number of para-hydroxylation sites is 1. The zero-order chi connectivity index (χ0) is 13.0. The van der Waals surface area contributed by atoms with Crippen molar-refractivity contribution in [1.82, 2.24) is 0 Å². The highest BCUT2D eigenvalue weighted by Crippen LogP contribution is 2.24. The van der Waals surface area contributed by atoms with Gasteiger partial charge in [-0.3, -0.25) is 4.79 Å². The maximum absolute atomic E-state index is 12.1. The van der Waals surface area contributed by atoms with Crippen LogP contribution in [-0.2, 0) is 0 Å². The molecular weight excluding hydrogens is 294 g/mol. The topological polar surface area (TPSA) is 38.3 Å². The second-order valence-corrected chi connectivity index (χ2v) is 4.58. The Morgan fingerprint density at radius 1 is 1.17 bits per heavy atom. The van der Waals surface area contributed by atoms with Crippen LogP contribution in [0.4, 0.5) is 5.69 Å². The number of nitrogens with one attached hydrogen (secondary N) is 1. The van der Waals surface area contributed by atoms with Gasteiger partial charge in [0, 0.05) is 10.2 Å². The fourth-order valence-corrected chi connectivity index (χ4v) is 1.91. The Hall–Kier alpha value is -1.81. The number of anilines is 1. The van der Waals surface area contributed by atoms with Crippen molar-refractivity contribution in [3.05, 3.63) is 58.6 Å². The molecule has 18 heavy (non-hydrogen) atoms. The summed E-state index contributed by atoms with van der Waals surface area (Å²) in [4.78, 5) is 12.1. The second kappa shape index (κ2) is 5.69. The van der Waals surface area contributed by atoms with E-state index in [-0.39, 0.29) is 5.91 Å². The van der Waals surface area contributed by atoms with E-state index < -0.39 is 0 Å². The molecule has 3 nitrogen and oxygen atoms in total. The highest BCUT2D eigenvalue weighted by Gasteiger charge is 2.12. The molecule has 0 aliphatic carbocycles. The Morgan fingerprint density at radius 2 is 1.89 bits per heavy atom. The lowest BCUT2D eigenvalue weighted by Gasteiger charge is -2.09. The highest BCUT2D eigenvalue weighted by atomic mass is 79.9. The van der Waals surface area contributed by atoms with Gasteiger partial charge in [0.2, 0.25) is 0 Å². The molecule has 0 atom stereocenters. The zero-order valence-corrected chi connectivity index (χ0v) is 11.4. The first-order chi connectivity index (χ1) is 8.70. The predicted molar refractivity (Wildman–Crippen MR) is 75.1 cm³/mol. The fraction of sp³-hybridized carbons (Fsp3) is 0.0714. The molecule has 0 unspecified atom stereocenters. The summed E-state index contributed by atoms with van der Waals surface area (Å²) in [6.07, 6.45) is 0. The van der Waals surface area contributed by atoms with Crippen LogP contribution < -0.4 is 10.1 Å². The molecule has 0 heterocycles. The normalized spacial score (nSPS) is 9.89. The summed E-state index contributed by atoms with van der Waals surface area (Å²) in [6.45, 7) is 0. The van der Waals surface area contributed by atoms with E-state index in [9.17, 15) is 4.79 Å². The quantitative estimate of drug-likeness (QED) is 0.939. The van der Waals surface area contributed by atoms with Crippen LogP contribution in [0.5, 0.6) is 5.75 Å². The van der Waals surface area contributed by atoms with Crippen LogP contribution in [0.2, 0.25) is 0 Å². The molecule has 2 aromatic rings. The fourth-order valence-electron chi connectivity index (χ4n) is 1.57. The maximum Gasteiger partial charge on any atom is 0.259 e. The van der Waals surface area contributed by atoms with E-state index >= 15 is 0 Å². The number of carbonyl (C=O) groups excluding carboxylic acids is 1. The number of hydrogen-bond acceptors (Lipinski definition) is 2. The summed E-state index contributed by atoms with van der Waals surface area (Å²) in [5.74, 6) is 0.350. The van der Waals surface area contributed by atoms with Gasteiger partial charge in [0.15, 0.2) is 0 Å². The second-order valence-electron chi connectivity index (χ2n) is 3.66. The molecule has 4 heteroatoms. The van der Waals surface area contributed by atoms with Crippen molar-refractivity contribution in [2.45, 2.75) is 0 Å². The SMILES string of the molecule is COc1cc(Br)ccc1C(=O)Nc1ccccc1. The van der Waals surface area contributed by atoms with Gasteiger partial charge in [-0.15, -0.1) is 0 Å². The van der Waals surface area contributed by atoms with Crippen LogP contribution in [0, 0.1) is 0 Å². The van der Waals surface area contributed by atoms with Gasteiger partial charge in [-0.05, 0) is 30.3 Å². The summed E-state index contributed by atoms with van der Waals surface area (Å²) in [5.41, 5.74) is 1.26. The molecule has 0 saturated heterocycles. The van der Waals surface area contributed by atoms with Gasteiger partial charge in [-0.25, -0.2) is 0 Å². The Balaban J connectivity index is 2.24. The highest BCUT2D eigenvalue weighted by molar-refractivity contribution is 9.10. The molecule has 0 aliphatic heterocycles. The number of rotatable bonds is 3. The molecule has 0 saturated carbocycles. The number of hydrogen-bond donors (Lipinski definition) is 1. The Kier molecular flexibility index (Phi) is 3.99. The van der Waals surface area contributed by atoms with Crippen molar-refractivity contribution >= 4 is 27.5 Å². The third-order valence-corrected chi connectivity index (χ3v) is 2.93. The monoisotopic (exact) mass is 305 g/mol. The number of benzene rings is 2. The first kappa shape index (κ1) is 12.6. The average Bonchev–Trinajstić information content (AvgIpc) is 2.39. The van der Waals surface area contributed by atoms with Crippen molar-refractivity contribution in [3.63, 3.8) is 0 Å². The Bertz CT molecular complexity index is 555. The average molecular weight is 306 g/mol. The van der Waals surface area contributed by atoms with Gasteiger partial charge in [0.1, 0.15) is 5.75 Å². The lowest BCUT2D eigenvalue weighted by molar-refractivity contribution is 0.102. The summed E-state index contributed by atoms with van der Waals surface area (Å²) in [5, 5.41) is 2.82. The number of carbonyl (C=O) groups is 1. The molecule has 0 aromatic heterocycles. The number of amides is 1. The first-order valence-electron chi connectivity index (χ1n) is 5.40. The summed E-state index contributed by atoms with van der Waals surface area (Å²) in [7, 11) is 1.54. The van der Waals surface area contributed by atoms with Gasteiger partial charge in [0.05, 0.1) is 12.7 Å². The minimum Gasteiger partial charge on any atom is -0.496 e. The van der Waals surface area contributed by atoms with Gasteiger partial charge < -0.3 is 10.1 Å². The van der Waals surface area contributed by atoms with Crippen molar-refractivity contribution in [2.75, 3.05) is 12.4 Å². The Labute approximate surface area is 114 Å². The molecular formula is C14H12BrNO2. The maximum atomic E-state index is 12.1. The van der Waals surface area contributed by atoms with Crippen molar-refractivity contribution in [3.8, 4) is 5.75 Å². The van der Waals surface area contributed by atoms with Crippen LogP contribution in [0.1, 0.15) is 10.4 Å². The number of ether oxygens (including phenoxy) is 1. The minimum atomic E-state index is -0.189. The molecule has 2 rings (SSSR count). The smallest absolute Gasteiger partial charge is 0.259 e. The summed E-state index contributed by atoms with van der Waals surface area (Å²) < 4.78 is 6.07. The number of halogens is 1. The molecule has 1 amide bonds. The third kappa shape index (κ3) is 2.90. The first-order valence-corrected chi connectivity index (χ1v) is 6.20. The van der Waals surface area contributed by atoms with E-state index in [1.54, 1.807) is 19.2 Å². The van der Waals surface area contributed by atoms with Gasteiger partial charge in [0.25, 0.3) is 5.91 Å². The molecule has 0 bridgehead atoms. The molecule has 1 N–H and O–H groups in total. The molecule has 0 spiro atoms. The summed E-state index contributed by atoms with van der Waals surface area (Å²) >= 11 is 3.34. The van der Waals surface area contributed by atoms with Gasteiger partial charge in [-0.1, -0.05) is 34.1 Å². The van der Waals surface area contributed by atoms with Crippen molar-refractivity contribution in [1.29, 1.82) is 0 Å². The molecule has 0 fully saturated rings. The molecule has 0 aliphatic rings. The number of methoxy groups -OCH3 is 1. The van der Waals surface area contributed by atoms with E-state index in [0.29, 0.717) is 11.3 Å². The lowest BCUT2D eigenvalue weighted by atomic mass is 10.2. The van der Waals surface area contributed by atoms with Crippen LogP contribution in [0.25, 0.3) is 0 Å².